The molecule has 0 aliphatic heterocycles. The summed E-state index contributed by atoms with van der Waals surface area (Å²) in [6.45, 7) is 3.04. The Kier molecular flexibility index (Phi) is 5.20. The Morgan fingerprint density at radius 1 is 1.08 bits per heavy atom. The van der Waals surface area contributed by atoms with Crippen molar-refractivity contribution in [3.05, 3.63) is 65.7 Å². The number of sulfonamides is 1. The molecule has 25 heavy (non-hydrogen) atoms. The third-order valence-electron chi connectivity index (χ3n) is 4.20. The van der Waals surface area contributed by atoms with Crippen molar-refractivity contribution in [2.24, 2.45) is 0 Å². The van der Waals surface area contributed by atoms with Crippen LogP contribution in [0.15, 0.2) is 59.5 Å². The molecule has 3 rings (SSSR count). The molecule has 1 aliphatic carbocycles. The van der Waals surface area contributed by atoms with Gasteiger partial charge in [0.1, 0.15) is 0 Å². The van der Waals surface area contributed by atoms with E-state index in [0.29, 0.717) is 18.7 Å². The summed E-state index contributed by atoms with van der Waals surface area (Å²) in [7, 11) is -3.49. The van der Waals surface area contributed by atoms with Crippen LogP contribution in [0.1, 0.15) is 35.7 Å². The van der Waals surface area contributed by atoms with Crippen molar-refractivity contribution in [2.45, 2.75) is 37.2 Å². The molecule has 1 amide bonds. The van der Waals surface area contributed by atoms with E-state index in [-0.39, 0.29) is 16.8 Å². The van der Waals surface area contributed by atoms with E-state index in [2.05, 4.69) is 4.72 Å². The van der Waals surface area contributed by atoms with Gasteiger partial charge in [0.25, 0.3) is 5.91 Å². The van der Waals surface area contributed by atoms with Crippen molar-refractivity contribution in [3.8, 4) is 0 Å². The zero-order valence-electron chi connectivity index (χ0n) is 14.2. The van der Waals surface area contributed by atoms with Crippen LogP contribution in [-0.2, 0) is 16.6 Å². The van der Waals surface area contributed by atoms with Crippen LogP contribution in [0.3, 0.4) is 0 Å². The SMILES string of the molecule is CCN(Cc1ccccc1)C(=O)c1ccc(S(=O)(=O)NC2CC2)cc1. The molecular weight excluding hydrogens is 336 g/mol. The summed E-state index contributed by atoms with van der Waals surface area (Å²) < 4.78 is 27.0. The van der Waals surface area contributed by atoms with Gasteiger partial charge in [0.05, 0.1) is 4.90 Å². The zero-order valence-corrected chi connectivity index (χ0v) is 15.0. The summed E-state index contributed by atoms with van der Waals surface area (Å²) in [6, 6.07) is 16.0. The molecule has 0 bridgehead atoms. The lowest BCUT2D eigenvalue weighted by molar-refractivity contribution is 0.0752. The van der Waals surface area contributed by atoms with Crippen molar-refractivity contribution >= 4 is 15.9 Å². The highest BCUT2D eigenvalue weighted by atomic mass is 32.2. The number of nitrogens with one attached hydrogen (secondary N) is 1. The first kappa shape index (κ1) is 17.6. The summed E-state index contributed by atoms with van der Waals surface area (Å²) in [5, 5.41) is 0. The van der Waals surface area contributed by atoms with Gasteiger partial charge in [-0.3, -0.25) is 4.79 Å². The van der Waals surface area contributed by atoms with Crippen LogP contribution in [0, 0.1) is 0 Å². The van der Waals surface area contributed by atoms with Crippen molar-refractivity contribution < 1.29 is 13.2 Å². The lowest BCUT2D eigenvalue weighted by Crippen LogP contribution is -2.30. The summed E-state index contributed by atoms with van der Waals surface area (Å²) in [4.78, 5) is 14.6. The topological polar surface area (TPSA) is 66.5 Å². The first-order valence-corrected chi connectivity index (χ1v) is 9.93. The summed E-state index contributed by atoms with van der Waals surface area (Å²) in [5.74, 6) is -0.106. The van der Waals surface area contributed by atoms with Gasteiger partial charge in [-0.2, -0.15) is 0 Å². The number of hydrogen-bond donors (Lipinski definition) is 1. The van der Waals surface area contributed by atoms with Gasteiger partial charge in [0.15, 0.2) is 0 Å². The van der Waals surface area contributed by atoms with E-state index in [1.165, 1.54) is 12.1 Å². The van der Waals surface area contributed by atoms with Crippen molar-refractivity contribution in [3.63, 3.8) is 0 Å². The minimum absolute atomic E-state index is 0.0627. The molecule has 0 saturated heterocycles. The molecule has 1 fully saturated rings. The second kappa shape index (κ2) is 7.37. The van der Waals surface area contributed by atoms with Crippen molar-refractivity contribution in [2.75, 3.05) is 6.54 Å². The molecule has 0 atom stereocenters. The predicted octanol–water partition coefficient (Wildman–Crippen LogP) is 2.79. The molecular formula is C19H22N2O3S. The van der Waals surface area contributed by atoms with E-state index >= 15 is 0 Å². The van der Waals surface area contributed by atoms with Gasteiger partial charge in [0, 0.05) is 24.7 Å². The van der Waals surface area contributed by atoms with E-state index in [9.17, 15) is 13.2 Å². The minimum Gasteiger partial charge on any atom is -0.335 e. The number of nitrogens with zero attached hydrogens (tertiary/aromatic N) is 1. The van der Waals surface area contributed by atoms with Gasteiger partial charge in [-0.15, -0.1) is 0 Å². The average Bonchev–Trinajstić information content (AvgIpc) is 3.43. The Morgan fingerprint density at radius 2 is 1.72 bits per heavy atom. The second-order valence-corrected chi connectivity index (χ2v) is 7.94. The molecule has 132 valence electrons. The second-order valence-electron chi connectivity index (χ2n) is 6.22. The molecule has 0 unspecified atom stereocenters. The van der Waals surface area contributed by atoms with Crippen LogP contribution in [0.25, 0.3) is 0 Å². The monoisotopic (exact) mass is 358 g/mol. The van der Waals surface area contributed by atoms with E-state index in [1.807, 2.05) is 37.3 Å². The summed E-state index contributed by atoms with van der Waals surface area (Å²) in [5.41, 5.74) is 1.55. The van der Waals surface area contributed by atoms with Gasteiger partial charge in [-0.1, -0.05) is 30.3 Å². The van der Waals surface area contributed by atoms with Gasteiger partial charge in [-0.05, 0) is 49.6 Å². The van der Waals surface area contributed by atoms with Crippen molar-refractivity contribution in [1.82, 2.24) is 9.62 Å². The third kappa shape index (κ3) is 4.46. The first-order chi connectivity index (χ1) is 12.0. The molecule has 5 nitrogen and oxygen atoms in total. The quantitative estimate of drug-likeness (QED) is 0.828. The molecule has 1 aliphatic rings. The summed E-state index contributed by atoms with van der Waals surface area (Å²) >= 11 is 0. The molecule has 2 aromatic carbocycles. The maximum Gasteiger partial charge on any atom is 0.254 e. The number of carbonyl (C=O) groups excluding carboxylic acids is 1. The number of carbonyl (C=O) groups is 1. The molecule has 0 radical (unpaired) electrons. The maximum atomic E-state index is 12.7. The van der Waals surface area contributed by atoms with Gasteiger partial charge < -0.3 is 4.90 Å². The van der Waals surface area contributed by atoms with Gasteiger partial charge in [-0.25, -0.2) is 13.1 Å². The Balaban J connectivity index is 1.72. The van der Waals surface area contributed by atoms with Crippen LogP contribution in [0.5, 0.6) is 0 Å². The smallest absolute Gasteiger partial charge is 0.254 e. The molecule has 0 spiro atoms. The zero-order chi connectivity index (χ0) is 17.9. The van der Waals surface area contributed by atoms with E-state index in [0.717, 1.165) is 18.4 Å². The predicted molar refractivity (Wildman–Crippen MR) is 96.6 cm³/mol. The van der Waals surface area contributed by atoms with Crippen LogP contribution in [0.4, 0.5) is 0 Å². The van der Waals surface area contributed by atoms with Crippen molar-refractivity contribution in [1.29, 1.82) is 0 Å². The normalized spacial score (nSPS) is 14.3. The van der Waals surface area contributed by atoms with E-state index < -0.39 is 10.0 Å². The minimum atomic E-state index is -3.49. The maximum absolute atomic E-state index is 12.7. The molecule has 1 saturated carbocycles. The summed E-state index contributed by atoms with van der Waals surface area (Å²) in [6.07, 6.45) is 1.78. The van der Waals surface area contributed by atoms with Gasteiger partial charge >= 0.3 is 0 Å². The highest BCUT2D eigenvalue weighted by molar-refractivity contribution is 7.89. The van der Waals surface area contributed by atoms with E-state index in [4.69, 9.17) is 0 Å². The molecule has 6 heteroatoms. The molecule has 0 heterocycles. The fraction of sp³-hybridized carbons (Fsp3) is 0.316. The fourth-order valence-corrected chi connectivity index (χ4v) is 3.88. The first-order valence-electron chi connectivity index (χ1n) is 8.45. The lowest BCUT2D eigenvalue weighted by Gasteiger charge is -2.21. The number of hydrogen-bond acceptors (Lipinski definition) is 3. The molecule has 1 N–H and O–H groups in total. The van der Waals surface area contributed by atoms with Gasteiger partial charge in [0.2, 0.25) is 10.0 Å². The third-order valence-corrected chi connectivity index (χ3v) is 5.73. The lowest BCUT2D eigenvalue weighted by atomic mass is 10.1. The largest absolute Gasteiger partial charge is 0.335 e. The number of rotatable bonds is 7. The van der Waals surface area contributed by atoms with Crippen LogP contribution in [0.2, 0.25) is 0 Å². The highest BCUT2D eigenvalue weighted by Crippen LogP contribution is 2.22. The van der Waals surface area contributed by atoms with Crippen LogP contribution >= 0.6 is 0 Å². The Bertz CT molecular complexity index is 829. The average molecular weight is 358 g/mol. The van der Waals surface area contributed by atoms with Crippen LogP contribution < -0.4 is 4.72 Å². The van der Waals surface area contributed by atoms with E-state index in [1.54, 1.807) is 17.0 Å². The number of amides is 1. The Labute approximate surface area is 148 Å². The molecule has 2 aromatic rings. The fourth-order valence-electron chi connectivity index (χ4n) is 2.58. The Hall–Kier alpha value is -2.18. The molecule has 0 aromatic heterocycles. The number of benzene rings is 2. The standard InChI is InChI=1S/C19H22N2O3S/c1-2-21(14-15-6-4-3-5-7-15)19(22)16-8-12-18(13-9-16)25(23,24)20-17-10-11-17/h3-9,12-13,17,20H,2,10-11,14H2,1H3. The van der Waals surface area contributed by atoms with Crippen LogP contribution in [-0.4, -0.2) is 31.8 Å². The Morgan fingerprint density at radius 3 is 2.28 bits per heavy atom. The highest BCUT2D eigenvalue weighted by Gasteiger charge is 2.28.